The summed E-state index contributed by atoms with van der Waals surface area (Å²) in [5, 5.41) is 0. The molecular formula is C18H20N2O4. The first-order chi connectivity index (χ1) is 11.7. The molecule has 24 heavy (non-hydrogen) atoms. The van der Waals surface area contributed by atoms with Crippen molar-refractivity contribution >= 4 is 5.91 Å². The van der Waals surface area contributed by atoms with Crippen molar-refractivity contribution in [2.24, 2.45) is 0 Å². The van der Waals surface area contributed by atoms with Crippen LogP contribution in [0.5, 0.6) is 5.75 Å². The van der Waals surface area contributed by atoms with Gasteiger partial charge < -0.3 is 18.8 Å². The van der Waals surface area contributed by atoms with Gasteiger partial charge in [-0.15, -0.1) is 0 Å². The SMILES string of the molecule is O=C(c1ccoc1)N1CCC[C@@]2(C[C@@H](Oc3cccnc3)CO2)C1. The molecule has 0 N–H and O–H groups in total. The van der Waals surface area contributed by atoms with Crippen LogP contribution in [0.15, 0.2) is 47.5 Å². The first-order valence-corrected chi connectivity index (χ1v) is 8.26. The summed E-state index contributed by atoms with van der Waals surface area (Å²) in [4.78, 5) is 18.5. The zero-order valence-electron chi connectivity index (χ0n) is 13.4. The fourth-order valence-electron chi connectivity index (χ4n) is 3.61. The lowest BCUT2D eigenvalue weighted by Crippen LogP contribution is -2.50. The van der Waals surface area contributed by atoms with Gasteiger partial charge in [-0.1, -0.05) is 0 Å². The Morgan fingerprint density at radius 2 is 2.38 bits per heavy atom. The average Bonchev–Trinajstić information content (AvgIpc) is 3.26. The molecular weight excluding hydrogens is 308 g/mol. The van der Waals surface area contributed by atoms with Crippen LogP contribution in [0.2, 0.25) is 0 Å². The number of nitrogens with zero attached hydrogens (tertiary/aromatic N) is 2. The summed E-state index contributed by atoms with van der Waals surface area (Å²) in [5.74, 6) is 0.758. The number of amides is 1. The van der Waals surface area contributed by atoms with Gasteiger partial charge in [0, 0.05) is 19.2 Å². The van der Waals surface area contributed by atoms with E-state index in [0.29, 0.717) is 18.7 Å². The highest BCUT2D eigenvalue weighted by molar-refractivity contribution is 5.93. The zero-order valence-corrected chi connectivity index (χ0v) is 13.4. The standard InChI is InChI=1S/C18H20N2O4/c21-17(14-4-8-22-11-14)20-7-2-5-18(13-20)9-16(12-23-18)24-15-3-1-6-19-10-15/h1,3-4,6,8,10-11,16H,2,5,7,9,12-13H2/t16-,18-/m1/s1. The molecule has 2 aliphatic rings. The van der Waals surface area contributed by atoms with E-state index in [9.17, 15) is 4.79 Å². The fraction of sp³-hybridized carbons (Fsp3) is 0.444. The van der Waals surface area contributed by atoms with Crippen molar-refractivity contribution in [2.45, 2.75) is 31.0 Å². The van der Waals surface area contributed by atoms with E-state index in [0.717, 1.165) is 31.6 Å². The smallest absolute Gasteiger partial charge is 0.257 e. The lowest BCUT2D eigenvalue weighted by Gasteiger charge is -2.39. The highest BCUT2D eigenvalue weighted by Gasteiger charge is 2.45. The van der Waals surface area contributed by atoms with Gasteiger partial charge in [0.25, 0.3) is 5.91 Å². The van der Waals surface area contributed by atoms with Gasteiger partial charge in [-0.2, -0.15) is 0 Å². The summed E-state index contributed by atoms with van der Waals surface area (Å²) in [6.07, 6.45) is 9.12. The third-order valence-corrected chi connectivity index (χ3v) is 4.71. The Bertz CT molecular complexity index is 688. The predicted octanol–water partition coefficient (Wildman–Crippen LogP) is 2.52. The van der Waals surface area contributed by atoms with Crippen LogP contribution < -0.4 is 4.74 Å². The molecule has 2 saturated heterocycles. The molecule has 0 aliphatic carbocycles. The number of ether oxygens (including phenoxy) is 2. The third-order valence-electron chi connectivity index (χ3n) is 4.71. The van der Waals surface area contributed by atoms with E-state index in [-0.39, 0.29) is 17.6 Å². The molecule has 126 valence electrons. The number of furan rings is 1. The second kappa shape index (κ2) is 6.28. The number of aromatic nitrogens is 1. The minimum Gasteiger partial charge on any atom is -0.486 e. The van der Waals surface area contributed by atoms with Crippen LogP contribution in [0.25, 0.3) is 0 Å². The van der Waals surface area contributed by atoms with Crippen LogP contribution in [-0.2, 0) is 4.74 Å². The minimum atomic E-state index is -0.301. The van der Waals surface area contributed by atoms with Gasteiger partial charge in [-0.25, -0.2) is 0 Å². The number of likely N-dealkylation sites (tertiary alicyclic amines) is 1. The summed E-state index contributed by atoms with van der Waals surface area (Å²) in [6, 6.07) is 5.45. The van der Waals surface area contributed by atoms with Crippen LogP contribution in [-0.4, -0.2) is 47.2 Å². The van der Waals surface area contributed by atoms with Gasteiger partial charge in [0.1, 0.15) is 18.1 Å². The number of hydrogen-bond acceptors (Lipinski definition) is 5. The number of rotatable bonds is 3. The molecule has 0 saturated carbocycles. The molecule has 1 amide bonds. The van der Waals surface area contributed by atoms with Crippen molar-refractivity contribution in [3.05, 3.63) is 48.7 Å². The van der Waals surface area contributed by atoms with Crippen LogP contribution >= 0.6 is 0 Å². The van der Waals surface area contributed by atoms with E-state index in [1.165, 1.54) is 12.5 Å². The first-order valence-electron chi connectivity index (χ1n) is 8.26. The molecule has 6 nitrogen and oxygen atoms in total. The Morgan fingerprint density at radius 1 is 1.42 bits per heavy atom. The number of carbonyl (C=O) groups excluding carboxylic acids is 1. The second-order valence-electron chi connectivity index (χ2n) is 6.47. The zero-order chi connectivity index (χ0) is 16.4. The van der Waals surface area contributed by atoms with Gasteiger partial charge in [0.15, 0.2) is 0 Å². The summed E-state index contributed by atoms with van der Waals surface area (Å²) >= 11 is 0. The van der Waals surface area contributed by atoms with Gasteiger partial charge in [0.05, 0.1) is 36.8 Å². The molecule has 2 fully saturated rings. The third kappa shape index (κ3) is 3.01. The molecule has 4 heterocycles. The predicted molar refractivity (Wildman–Crippen MR) is 85.8 cm³/mol. The number of hydrogen-bond donors (Lipinski definition) is 0. The number of pyridine rings is 1. The summed E-state index contributed by atoms with van der Waals surface area (Å²) in [7, 11) is 0. The molecule has 0 aromatic carbocycles. The van der Waals surface area contributed by atoms with Crippen LogP contribution in [0.4, 0.5) is 0 Å². The topological polar surface area (TPSA) is 64.8 Å². The monoisotopic (exact) mass is 328 g/mol. The Balaban J connectivity index is 1.41. The molecule has 4 rings (SSSR count). The molecule has 0 radical (unpaired) electrons. The molecule has 1 spiro atoms. The van der Waals surface area contributed by atoms with Crippen molar-refractivity contribution in [1.82, 2.24) is 9.88 Å². The van der Waals surface area contributed by atoms with E-state index in [1.807, 2.05) is 17.0 Å². The van der Waals surface area contributed by atoms with Gasteiger partial charge >= 0.3 is 0 Å². The maximum Gasteiger partial charge on any atom is 0.257 e. The van der Waals surface area contributed by atoms with Crippen molar-refractivity contribution < 1.29 is 18.7 Å². The highest BCUT2D eigenvalue weighted by atomic mass is 16.6. The Morgan fingerprint density at radius 3 is 3.17 bits per heavy atom. The van der Waals surface area contributed by atoms with Gasteiger partial charge in [-0.05, 0) is 31.0 Å². The molecule has 2 aliphatic heterocycles. The largest absolute Gasteiger partial charge is 0.486 e. The maximum absolute atomic E-state index is 12.5. The van der Waals surface area contributed by atoms with Crippen molar-refractivity contribution in [3.63, 3.8) is 0 Å². The molecule has 6 heteroatoms. The van der Waals surface area contributed by atoms with Gasteiger partial charge in [-0.3, -0.25) is 9.78 Å². The summed E-state index contributed by atoms with van der Waals surface area (Å²) in [6.45, 7) is 1.90. The second-order valence-corrected chi connectivity index (χ2v) is 6.47. The van der Waals surface area contributed by atoms with E-state index in [2.05, 4.69) is 4.98 Å². The maximum atomic E-state index is 12.5. The molecule has 0 bridgehead atoms. The molecule has 2 aromatic rings. The number of carbonyl (C=O) groups is 1. The van der Waals surface area contributed by atoms with Gasteiger partial charge in [0.2, 0.25) is 0 Å². The molecule has 0 unspecified atom stereocenters. The van der Waals surface area contributed by atoms with Crippen molar-refractivity contribution in [3.8, 4) is 5.75 Å². The normalized spacial score (nSPS) is 26.7. The summed E-state index contributed by atoms with van der Waals surface area (Å²) in [5.41, 5.74) is 0.290. The highest BCUT2D eigenvalue weighted by Crippen LogP contribution is 2.36. The lowest BCUT2D eigenvalue weighted by atomic mass is 9.89. The fourth-order valence-corrected chi connectivity index (χ4v) is 3.61. The van der Waals surface area contributed by atoms with Crippen LogP contribution in [0.3, 0.4) is 0 Å². The summed E-state index contributed by atoms with van der Waals surface area (Å²) < 4.78 is 17.1. The molecule has 2 aromatic heterocycles. The quantitative estimate of drug-likeness (QED) is 0.866. The van der Waals surface area contributed by atoms with Crippen LogP contribution in [0, 0.1) is 0 Å². The van der Waals surface area contributed by atoms with Crippen molar-refractivity contribution in [2.75, 3.05) is 19.7 Å². The lowest BCUT2D eigenvalue weighted by molar-refractivity contribution is -0.0453. The molecule has 2 atom stereocenters. The Kier molecular flexibility index (Phi) is 3.98. The van der Waals surface area contributed by atoms with Crippen LogP contribution in [0.1, 0.15) is 29.6 Å². The van der Waals surface area contributed by atoms with E-state index in [1.54, 1.807) is 18.5 Å². The van der Waals surface area contributed by atoms with E-state index < -0.39 is 0 Å². The average molecular weight is 328 g/mol. The van der Waals surface area contributed by atoms with E-state index in [4.69, 9.17) is 13.9 Å². The van der Waals surface area contributed by atoms with Crippen molar-refractivity contribution in [1.29, 1.82) is 0 Å². The number of piperidine rings is 1. The Hall–Kier alpha value is -2.34. The first kappa shape index (κ1) is 15.2. The minimum absolute atomic E-state index is 0.00169. The Labute approximate surface area is 140 Å². The van der Waals surface area contributed by atoms with E-state index >= 15 is 0 Å².